The van der Waals surface area contributed by atoms with Gasteiger partial charge in [0.05, 0.1) is 38.8 Å². The van der Waals surface area contributed by atoms with Crippen LogP contribution in [0.25, 0.3) is 0 Å². The number of nitrogens with two attached hydrogens (primary N) is 2. The number of carbonyl (C=O) groups excluding carboxylic acids is 9. The first kappa shape index (κ1) is 60.5. The average Bonchev–Trinajstić information content (AvgIpc) is 4.07. The Balaban J connectivity index is 2.08. The van der Waals surface area contributed by atoms with Crippen molar-refractivity contribution in [3.63, 3.8) is 0 Å². The summed E-state index contributed by atoms with van der Waals surface area (Å²) >= 11 is 0. The summed E-state index contributed by atoms with van der Waals surface area (Å²) in [6, 6.07) is -12.3. The first-order valence-corrected chi connectivity index (χ1v) is 25.8. The summed E-state index contributed by atoms with van der Waals surface area (Å²) in [5.41, 5.74) is 11.8. The second kappa shape index (κ2) is 30.9. The number of aliphatic carboxylic acids is 1. The topological polar surface area (TPSA) is 469 Å². The number of aliphatic hydroxyl groups is 4. The van der Waals surface area contributed by atoms with Crippen LogP contribution in [0.4, 0.5) is 0 Å². The second-order valence-electron chi connectivity index (χ2n) is 16.9. The van der Waals surface area contributed by atoms with E-state index < -0.39 is 161 Å². The number of carboxylic acids is 1. The minimum atomic E-state index is -2.17. The number of hydrogen-bond acceptors (Lipinski definition) is 19. The van der Waals surface area contributed by atoms with E-state index >= 15 is 0 Å². The molecule has 2 saturated heterocycles. The van der Waals surface area contributed by atoms with Gasteiger partial charge in [-0.1, -0.05) is 12.8 Å². The number of nitrogens with zero attached hydrogens (tertiary/aromatic N) is 2. The van der Waals surface area contributed by atoms with Gasteiger partial charge in [-0.3, -0.25) is 47.9 Å². The van der Waals surface area contributed by atoms with Crippen LogP contribution < -0.4 is 54.0 Å². The molecular weight excluding hydrogens is 995 g/mol. The van der Waals surface area contributed by atoms with Crippen molar-refractivity contribution in [2.75, 3.05) is 46.1 Å². The fraction of sp³-hybridized carbons (Fsp3) is 0.683. The Kier molecular flexibility index (Phi) is 26.0. The van der Waals surface area contributed by atoms with Gasteiger partial charge in [-0.25, -0.2) is 9.19 Å². The Morgan fingerprint density at radius 1 is 0.778 bits per heavy atom. The Bertz CT molecular complexity index is 2050. The van der Waals surface area contributed by atoms with E-state index in [0.29, 0.717) is 22.9 Å². The van der Waals surface area contributed by atoms with Crippen molar-refractivity contribution in [2.24, 2.45) is 11.5 Å². The molecule has 2 aliphatic heterocycles. The molecule has 11 unspecified atom stereocenters. The maximum absolute atomic E-state index is 14.1. The smallest absolute Gasteiger partial charge is 0.322 e. The van der Waals surface area contributed by atoms with Crippen LogP contribution in [0.2, 0.25) is 0 Å². The quantitative estimate of drug-likeness (QED) is 0.0573. The van der Waals surface area contributed by atoms with Crippen molar-refractivity contribution < 1.29 is 77.7 Å². The molecule has 0 spiro atoms. The minimum absolute atomic E-state index is 0.000754. The predicted octanol–water partition coefficient (Wildman–Crippen LogP) is -7.72. The fourth-order valence-electron chi connectivity index (χ4n) is 7.33. The molecular formula is C41H67N13O16S2. The Hall–Kier alpha value is -5.83. The molecule has 18 N–H and O–H groups in total. The molecule has 0 aliphatic carbocycles. The zero-order valence-electron chi connectivity index (χ0n) is 39.5. The van der Waals surface area contributed by atoms with E-state index in [1.54, 1.807) is 0 Å². The van der Waals surface area contributed by atoms with E-state index in [1.807, 2.05) is 0 Å². The lowest BCUT2D eigenvalue weighted by Crippen LogP contribution is -2.61. The zero-order chi connectivity index (χ0) is 53.5. The number of rotatable bonds is 15. The number of H-pyrrole nitrogens is 1. The molecule has 9 amide bonds. The molecule has 2 fully saturated rings. The predicted molar refractivity (Wildman–Crippen MR) is 254 cm³/mol. The Morgan fingerprint density at radius 2 is 1.36 bits per heavy atom. The molecule has 2 aliphatic rings. The second-order valence-corrected chi connectivity index (χ2v) is 20.3. The van der Waals surface area contributed by atoms with Crippen molar-refractivity contribution in [2.45, 2.75) is 130 Å². The number of carbonyl (C=O) groups is 10. The highest BCUT2D eigenvalue weighted by Crippen LogP contribution is 2.29. The van der Waals surface area contributed by atoms with Gasteiger partial charge in [0.15, 0.2) is 0 Å². The summed E-state index contributed by atoms with van der Waals surface area (Å²) in [6.07, 6.45) is 3.03. The number of nitrogens with one attached hydrogen (secondary N) is 9. The van der Waals surface area contributed by atoms with E-state index in [-0.39, 0.29) is 70.9 Å². The number of aromatic amines is 1. The van der Waals surface area contributed by atoms with Crippen molar-refractivity contribution >= 4 is 79.8 Å². The summed E-state index contributed by atoms with van der Waals surface area (Å²) in [6.45, 7) is -3.41. The maximum atomic E-state index is 14.1. The van der Waals surface area contributed by atoms with Crippen molar-refractivity contribution in [1.82, 2.24) is 57.4 Å². The third-order valence-corrected chi connectivity index (χ3v) is 15.0. The number of imidazole rings is 1. The lowest BCUT2D eigenvalue weighted by atomic mass is 10.0. The summed E-state index contributed by atoms with van der Waals surface area (Å²) in [4.78, 5) is 142. The van der Waals surface area contributed by atoms with E-state index in [0.717, 1.165) is 4.90 Å². The Morgan fingerprint density at radius 3 is 1.94 bits per heavy atom. The van der Waals surface area contributed by atoms with Gasteiger partial charge >= 0.3 is 5.97 Å². The molecule has 72 heavy (non-hydrogen) atoms. The molecule has 0 saturated carbocycles. The number of unbranched alkanes of at least 4 members (excludes halogenated alkanes) is 1. The van der Waals surface area contributed by atoms with Crippen LogP contribution in [0.3, 0.4) is 0 Å². The van der Waals surface area contributed by atoms with Gasteiger partial charge in [0, 0.05) is 24.9 Å². The van der Waals surface area contributed by atoms with Crippen molar-refractivity contribution in [3.8, 4) is 0 Å². The SMILES string of the molecule is CC(N)C(=O)NC1CCCCC(C(=O)NCC(=O)O)NC(=O)C(Cc2cnc[nH]2)NC(=O)C(CCCCN)NC(=O)C(CO)SS(=O)C2CCCN2C(=O)C(CO)NC(=O)C(CO)NC(=O)C(CO)NC1=O. The van der Waals surface area contributed by atoms with Crippen LogP contribution in [-0.4, -0.2) is 209 Å². The number of amides is 9. The van der Waals surface area contributed by atoms with E-state index in [1.165, 1.54) is 19.4 Å². The number of hydrogen-bond donors (Lipinski definition) is 16. The standard InChI is InChI=1S/C41H67N13O16S2/c1-21(43)33(61)47-24-8-3-2-7-23(34(62)45-15-32(59)60)48-37(65)26(13-22-14-44-20-46-22)50-35(63)25(9-4-5-11-42)49-40(68)30(19-58)71-72(70)31-10-6-12-54(31)41(69)29(18-57)53-39(67)28(17-56)52-38(66)27(16-55)51-36(24)64/h14,20-21,23-31,55-58H,2-13,15-19,42-43H2,1H3,(H,44,46)(H,45,62)(H,47,61)(H,48,65)(H,49,68)(H,50,63)(H,51,64)(H,52,66)(H,53,67)(H,59,60). The third kappa shape index (κ3) is 19.0. The first-order valence-electron chi connectivity index (χ1n) is 23.1. The highest BCUT2D eigenvalue weighted by atomic mass is 33.1. The highest BCUT2D eigenvalue weighted by molar-refractivity contribution is 8.69. The molecule has 1 aromatic rings. The largest absolute Gasteiger partial charge is 0.480 e. The van der Waals surface area contributed by atoms with Crippen molar-refractivity contribution in [3.05, 3.63) is 18.2 Å². The summed E-state index contributed by atoms with van der Waals surface area (Å²) in [5, 5.41) is 66.3. The van der Waals surface area contributed by atoms with E-state index in [9.17, 15) is 77.7 Å². The lowest BCUT2D eigenvalue weighted by molar-refractivity contribution is -0.139. The first-order chi connectivity index (χ1) is 34.3. The van der Waals surface area contributed by atoms with Crippen LogP contribution in [0.15, 0.2) is 12.5 Å². The monoisotopic (exact) mass is 1060 g/mol. The summed E-state index contributed by atoms with van der Waals surface area (Å²) < 4.78 is 13.9. The Labute approximate surface area is 419 Å². The van der Waals surface area contributed by atoms with Crippen LogP contribution in [0.1, 0.15) is 70.4 Å². The van der Waals surface area contributed by atoms with Gasteiger partial charge in [0.1, 0.15) is 69.3 Å². The zero-order valence-corrected chi connectivity index (χ0v) is 41.2. The molecule has 0 aromatic carbocycles. The molecule has 11 atom stereocenters. The van der Waals surface area contributed by atoms with Gasteiger partial charge in [0.25, 0.3) is 0 Å². The molecule has 3 heterocycles. The summed E-state index contributed by atoms with van der Waals surface area (Å²) in [7, 11) is -1.70. The number of fused-ring (bicyclic) bond motifs is 1. The number of aliphatic hydroxyl groups excluding tert-OH is 4. The van der Waals surface area contributed by atoms with E-state index in [4.69, 9.17) is 11.5 Å². The molecule has 3 rings (SSSR count). The van der Waals surface area contributed by atoms with Crippen LogP contribution in [0, 0.1) is 0 Å². The van der Waals surface area contributed by atoms with E-state index in [2.05, 4.69) is 52.5 Å². The molecule has 0 radical (unpaired) electrons. The summed E-state index contributed by atoms with van der Waals surface area (Å²) in [5.74, 6) is -10.3. The minimum Gasteiger partial charge on any atom is -0.480 e. The number of aromatic nitrogens is 2. The van der Waals surface area contributed by atoms with Crippen molar-refractivity contribution in [1.29, 1.82) is 0 Å². The van der Waals surface area contributed by atoms with Crippen LogP contribution >= 0.6 is 10.8 Å². The normalized spacial score (nSPS) is 27.7. The molecule has 31 heteroatoms. The lowest BCUT2D eigenvalue weighted by Gasteiger charge is -2.29. The molecule has 404 valence electrons. The van der Waals surface area contributed by atoms with Gasteiger partial charge in [-0.05, 0) is 69.2 Å². The van der Waals surface area contributed by atoms with Crippen LogP contribution in [-0.2, 0) is 64.2 Å². The van der Waals surface area contributed by atoms with Gasteiger partial charge in [0.2, 0.25) is 53.2 Å². The third-order valence-electron chi connectivity index (χ3n) is 11.3. The molecule has 29 nitrogen and oxygen atoms in total. The van der Waals surface area contributed by atoms with Gasteiger partial charge < -0.3 is 89.4 Å². The average molecular weight is 1060 g/mol. The highest BCUT2D eigenvalue weighted by Gasteiger charge is 2.40. The van der Waals surface area contributed by atoms with Gasteiger partial charge in [-0.2, -0.15) is 0 Å². The van der Waals surface area contributed by atoms with Gasteiger partial charge in [-0.15, -0.1) is 0 Å². The maximum Gasteiger partial charge on any atom is 0.322 e. The molecule has 1 aromatic heterocycles. The van der Waals surface area contributed by atoms with Crippen LogP contribution in [0.5, 0.6) is 0 Å². The molecule has 0 bridgehead atoms. The number of carboxylic acid groups (broad SMARTS) is 1. The fourth-order valence-corrected chi connectivity index (χ4v) is 10.8.